The molecule has 0 atom stereocenters. The molecule has 2 heterocycles. The number of rotatable bonds is 5. The number of benzene rings is 2. The van der Waals surface area contributed by atoms with Gasteiger partial charge in [0.25, 0.3) is 0 Å². The quantitative estimate of drug-likeness (QED) is 0.577. The van der Waals surface area contributed by atoms with Crippen LogP contribution in [0.3, 0.4) is 0 Å². The number of likely N-dealkylation sites (tertiary alicyclic amines) is 1. The largest absolute Gasteiger partial charge is 0.343 e. The third kappa shape index (κ3) is 3.87. The smallest absolute Gasteiger partial charge is 0.224 e. The normalized spacial score (nSPS) is 14.2. The van der Waals surface area contributed by atoms with Gasteiger partial charge in [0.15, 0.2) is 0 Å². The number of aryl methyl sites for hydroxylation is 1. The molecular formula is C21H20Cl2FN3O. The first-order valence-corrected chi connectivity index (χ1v) is 10.1. The van der Waals surface area contributed by atoms with E-state index in [9.17, 15) is 9.18 Å². The van der Waals surface area contributed by atoms with Gasteiger partial charge in [0.1, 0.15) is 11.6 Å². The van der Waals surface area contributed by atoms with Crippen LogP contribution in [-0.4, -0.2) is 33.4 Å². The van der Waals surface area contributed by atoms with Crippen molar-refractivity contribution in [2.45, 2.75) is 32.2 Å². The van der Waals surface area contributed by atoms with E-state index in [2.05, 4.69) is 4.98 Å². The molecule has 7 heteroatoms. The second kappa shape index (κ2) is 8.10. The lowest BCUT2D eigenvalue weighted by Gasteiger charge is -2.16. The predicted molar refractivity (Wildman–Crippen MR) is 109 cm³/mol. The monoisotopic (exact) mass is 419 g/mol. The summed E-state index contributed by atoms with van der Waals surface area (Å²) in [6, 6.07) is 10.1. The van der Waals surface area contributed by atoms with Crippen LogP contribution in [0.25, 0.3) is 11.0 Å². The molecular weight excluding hydrogens is 400 g/mol. The number of carbonyl (C=O) groups is 1. The summed E-state index contributed by atoms with van der Waals surface area (Å²) >= 11 is 12.4. The molecule has 4 nitrogen and oxygen atoms in total. The van der Waals surface area contributed by atoms with Gasteiger partial charge in [-0.15, -0.1) is 0 Å². The Kier molecular flexibility index (Phi) is 5.56. The highest BCUT2D eigenvalue weighted by molar-refractivity contribution is 6.42. The topological polar surface area (TPSA) is 38.1 Å². The van der Waals surface area contributed by atoms with Crippen LogP contribution < -0.4 is 0 Å². The zero-order chi connectivity index (χ0) is 19.7. The molecule has 1 aromatic heterocycles. The van der Waals surface area contributed by atoms with Crippen molar-refractivity contribution in [3.05, 3.63) is 63.6 Å². The van der Waals surface area contributed by atoms with E-state index in [1.54, 1.807) is 30.3 Å². The Bertz CT molecular complexity index is 1030. The van der Waals surface area contributed by atoms with Crippen LogP contribution >= 0.6 is 23.2 Å². The number of nitrogens with zero attached hydrogens (tertiary/aromatic N) is 3. The lowest BCUT2D eigenvalue weighted by molar-refractivity contribution is -0.130. The van der Waals surface area contributed by atoms with Gasteiger partial charge >= 0.3 is 0 Å². The lowest BCUT2D eigenvalue weighted by Crippen LogP contribution is -2.28. The van der Waals surface area contributed by atoms with Gasteiger partial charge in [-0.1, -0.05) is 41.4 Å². The molecule has 1 fully saturated rings. The van der Waals surface area contributed by atoms with Crippen LogP contribution in [0.4, 0.5) is 4.39 Å². The fourth-order valence-electron chi connectivity index (χ4n) is 3.70. The number of imidazole rings is 1. The fourth-order valence-corrected chi connectivity index (χ4v) is 4.01. The number of carbonyl (C=O) groups excluding carboxylic acids is 1. The Morgan fingerprint density at radius 3 is 2.57 bits per heavy atom. The minimum atomic E-state index is -0.273. The highest BCUT2D eigenvalue weighted by Gasteiger charge is 2.20. The fraction of sp³-hybridized carbons (Fsp3) is 0.333. The molecule has 0 radical (unpaired) electrons. The van der Waals surface area contributed by atoms with Crippen LogP contribution in [0.1, 0.15) is 30.7 Å². The number of fused-ring (bicyclic) bond motifs is 1. The molecule has 2 aromatic carbocycles. The second-order valence-electron chi connectivity index (χ2n) is 7.04. The summed E-state index contributed by atoms with van der Waals surface area (Å²) in [6.45, 7) is 2.12. The summed E-state index contributed by atoms with van der Waals surface area (Å²) in [5.74, 6) is 0.550. The number of aromatic nitrogens is 2. The van der Waals surface area contributed by atoms with E-state index < -0.39 is 0 Å². The van der Waals surface area contributed by atoms with Crippen molar-refractivity contribution in [1.29, 1.82) is 0 Å². The number of halogens is 3. The summed E-state index contributed by atoms with van der Waals surface area (Å²) in [4.78, 5) is 19.1. The lowest BCUT2D eigenvalue weighted by atomic mass is 10.1. The van der Waals surface area contributed by atoms with E-state index in [0.29, 0.717) is 46.3 Å². The molecule has 0 N–H and O–H groups in total. The maximum atomic E-state index is 14.2. The van der Waals surface area contributed by atoms with Gasteiger partial charge in [-0.25, -0.2) is 9.37 Å². The van der Waals surface area contributed by atoms with E-state index >= 15 is 0 Å². The molecule has 1 saturated heterocycles. The average molecular weight is 420 g/mol. The van der Waals surface area contributed by atoms with Gasteiger partial charge in [0.2, 0.25) is 5.91 Å². The number of amides is 1. The van der Waals surface area contributed by atoms with Crippen molar-refractivity contribution in [3.63, 3.8) is 0 Å². The number of hydrogen-bond donors (Lipinski definition) is 0. The molecule has 1 amide bonds. The number of hydrogen-bond acceptors (Lipinski definition) is 2. The van der Waals surface area contributed by atoms with Crippen molar-refractivity contribution < 1.29 is 9.18 Å². The standard InChI is InChI=1S/C21H20Cl2FN3O/c22-15-12-18-19(13-16(15)23)27(10-7-21(28)26-8-3-4-9-26)20(25-18)11-14-5-1-2-6-17(14)24/h1-2,5-6,12-13H,3-4,7-11H2. The summed E-state index contributed by atoms with van der Waals surface area (Å²) in [5, 5.41) is 0.850. The molecule has 1 aliphatic rings. The Labute approximate surface area is 172 Å². The van der Waals surface area contributed by atoms with Gasteiger partial charge in [-0.2, -0.15) is 0 Å². The zero-order valence-corrected chi connectivity index (χ0v) is 16.8. The van der Waals surface area contributed by atoms with E-state index in [1.165, 1.54) is 6.07 Å². The third-order valence-electron chi connectivity index (χ3n) is 5.18. The van der Waals surface area contributed by atoms with E-state index in [-0.39, 0.29) is 11.7 Å². The van der Waals surface area contributed by atoms with Gasteiger partial charge in [-0.3, -0.25) is 4.79 Å². The summed E-state index contributed by atoms with van der Waals surface area (Å²) in [7, 11) is 0. The Morgan fingerprint density at radius 1 is 1.11 bits per heavy atom. The Morgan fingerprint density at radius 2 is 1.82 bits per heavy atom. The second-order valence-corrected chi connectivity index (χ2v) is 7.86. The SMILES string of the molecule is O=C(CCn1c(Cc2ccccc2F)nc2cc(Cl)c(Cl)cc21)N1CCCC1. The molecule has 3 aromatic rings. The first-order valence-electron chi connectivity index (χ1n) is 9.38. The van der Waals surface area contributed by atoms with Crippen molar-refractivity contribution in [3.8, 4) is 0 Å². The molecule has 28 heavy (non-hydrogen) atoms. The van der Waals surface area contributed by atoms with Gasteiger partial charge in [0.05, 0.1) is 21.1 Å². The van der Waals surface area contributed by atoms with Crippen molar-refractivity contribution in [2.75, 3.05) is 13.1 Å². The summed E-state index contributed by atoms with van der Waals surface area (Å²) in [6.07, 6.45) is 2.82. The average Bonchev–Trinajstić information content (AvgIpc) is 3.31. The summed E-state index contributed by atoms with van der Waals surface area (Å²) in [5.41, 5.74) is 2.05. The minimum Gasteiger partial charge on any atom is -0.343 e. The molecule has 0 aliphatic carbocycles. The molecule has 4 rings (SSSR count). The Hall–Kier alpha value is -2.11. The maximum absolute atomic E-state index is 14.2. The molecule has 1 aliphatic heterocycles. The van der Waals surface area contributed by atoms with Gasteiger partial charge in [-0.05, 0) is 36.6 Å². The van der Waals surface area contributed by atoms with Gasteiger partial charge < -0.3 is 9.47 Å². The molecule has 0 bridgehead atoms. The maximum Gasteiger partial charge on any atom is 0.224 e. The van der Waals surface area contributed by atoms with Crippen molar-refractivity contribution >= 4 is 40.1 Å². The molecule has 0 spiro atoms. The van der Waals surface area contributed by atoms with Crippen molar-refractivity contribution in [2.24, 2.45) is 0 Å². The zero-order valence-electron chi connectivity index (χ0n) is 15.3. The van der Waals surface area contributed by atoms with E-state index in [4.69, 9.17) is 23.2 Å². The molecule has 0 saturated carbocycles. The molecule has 146 valence electrons. The van der Waals surface area contributed by atoms with Crippen LogP contribution in [0.15, 0.2) is 36.4 Å². The van der Waals surface area contributed by atoms with E-state index in [1.807, 2.05) is 9.47 Å². The highest BCUT2D eigenvalue weighted by Crippen LogP contribution is 2.29. The first kappa shape index (κ1) is 19.2. The Balaban J connectivity index is 1.67. The summed E-state index contributed by atoms with van der Waals surface area (Å²) < 4.78 is 16.1. The van der Waals surface area contributed by atoms with Gasteiger partial charge in [0, 0.05) is 32.5 Å². The first-order chi connectivity index (χ1) is 13.5. The van der Waals surface area contributed by atoms with Crippen LogP contribution in [-0.2, 0) is 17.8 Å². The highest BCUT2D eigenvalue weighted by atomic mass is 35.5. The molecule has 0 unspecified atom stereocenters. The van der Waals surface area contributed by atoms with Crippen LogP contribution in [0.2, 0.25) is 10.0 Å². The van der Waals surface area contributed by atoms with Crippen LogP contribution in [0.5, 0.6) is 0 Å². The van der Waals surface area contributed by atoms with E-state index in [0.717, 1.165) is 31.4 Å². The predicted octanol–water partition coefficient (Wildman–Crippen LogP) is 5.09. The van der Waals surface area contributed by atoms with Crippen molar-refractivity contribution in [1.82, 2.24) is 14.5 Å². The third-order valence-corrected chi connectivity index (χ3v) is 5.91. The van der Waals surface area contributed by atoms with Crippen LogP contribution in [0, 0.1) is 5.82 Å². The minimum absolute atomic E-state index is 0.135.